The lowest BCUT2D eigenvalue weighted by Gasteiger charge is -2.12. The van der Waals surface area contributed by atoms with Crippen molar-refractivity contribution in [3.63, 3.8) is 0 Å². The van der Waals surface area contributed by atoms with E-state index in [9.17, 15) is 31.5 Å². The van der Waals surface area contributed by atoms with Crippen LogP contribution in [0.1, 0.15) is 16.1 Å². The Morgan fingerprint density at radius 1 is 1.02 bits per heavy atom. The SMILES string of the molecule is COc1cc(F)c(-n2cc(CC(=O)Nc3cc(F)cnc3N)nc2NC(=O)c2ccc(OC(F)F)cc2)c(F)c1. The lowest BCUT2D eigenvalue weighted by Crippen LogP contribution is -2.17. The normalized spacial score (nSPS) is 10.9. The van der Waals surface area contributed by atoms with E-state index in [2.05, 4.69) is 25.3 Å². The Hall–Kier alpha value is -5.21. The van der Waals surface area contributed by atoms with Crippen molar-refractivity contribution in [2.45, 2.75) is 13.0 Å². The monoisotopic (exact) mass is 562 g/mol. The van der Waals surface area contributed by atoms with Crippen molar-refractivity contribution in [3.05, 3.63) is 83.6 Å². The second-order valence-corrected chi connectivity index (χ2v) is 8.03. The molecule has 0 bridgehead atoms. The molecule has 40 heavy (non-hydrogen) atoms. The van der Waals surface area contributed by atoms with Crippen LogP contribution in [-0.2, 0) is 11.2 Å². The molecule has 2 amide bonds. The average Bonchev–Trinajstić information content (AvgIpc) is 3.26. The van der Waals surface area contributed by atoms with E-state index in [-0.39, 0.29) is 40.2 Å². The number of amides is 2. The van der Waals surface area contributed by atoms with Crippen molar-refractivity contribution >= 4 is 29.3 Å². The van der Waals surface area contributed by atoms with Crippen LogP contribution in [0.4, 0.5) is 39.4 Å². The number of hydrogen-bond acceptors (Lipinski definition) is 7. The van der Waals surface area contributed by atoms with Gasteiger partial charge in [0.25, 0.3) is 5.91 Å². The quantitative estimate of drug-likeness (QED) is 0.259. The van der Waals surface area contributed by atoms with Crippen LogP contribution >= 0.6 is 0 Å². The number of nitrogens with zero attached hydrogens (tertiary/aromatic N) is 3. The molecule has 2 aromatic heterocycles. The van der Waals surface area contributed by atoms with Gasteiger partial charge in [-0.1, -0.05) is 0 Å². The van der Waals surface area contributed by atoms with Gasteiger partial charge in [-0.2, -0.15) is 8.78 Å². The number of methoxy groups -OCH3 is 1. The molecular weight excluding hydrogens is 543 g/mol. The van der Waals surface area contributed by atoms with E-state index in [1.807, 2.05) is 0 Å². The van der Waals surface area contributed by atoms with Crippen LogP contribution < -0.4 is 25.8 Å². The van der Waals surface area contributed by atoms with Crippen LogP contribution in [0.2, 0.25) is 0 Å². The molecule has 0 aliphatic rings. The van der Waals surface area contributed by atoms with Crippen molar-refractivity contribution < 1.29 is 41.0 Å². The molecule has 0 saturated heterocycles. The number of anilines is 3. The maximum atomic E-state index is 14.9. The van der Waals surface area contributed by atoms with Gasteiger partial charge in [-0.25, -0.2) is 23.1 Å². The number of nitrogens with two attached hydrogens (primary N) is 1. The van der Waals surface area contributed by atoms with E-state index in [4.69, 9.17) is 10.5 Å². The highest BCUT2D eigenvalue weighted by Crippen LogP contribution is 2.28. The summed E-state index contributed by atoms with van der Waals surface area (Å²) in [5, 5.41) is 4.73. The Bertz CT molecular complexity index is 1540. The van der Waals surface area contributed by atoms with Crippen molar-refractivity contribution in [2.75, 3.05) is 23.5 Å². The predicted molar refractivity (Wildman–Crippen MR) is 132 cm³/mol. The van der Waals surface area contributed by atoms with Crippen LogP contribution in [-0.4, -0.2) is 40.1 Å². The lowest BCUT2D eigenvalue weighted by atomic mass is 10.2. The first-order chi connectivity index (χ1) is 19.0. The van der Waals surface area contributed by atoms with Gasteiger partial charge in [0.1, 0.15) is 28.8 Å². The molecule has 0 saturated carbocycles. The fourth-order valence-corrected chi connectivity index (χ4v) is 3.53. The first-order valence-corrected chi connectivity index (χ1v) is 11.2. The molecule has 0 spiro atoms. The van der Waals surface area contributed by atoms with Crippen LogP contribution in [0, 0.1) is 17.5 Å². The Morgan fingerprint density at radius 2 is 1.70 bits per heavy atom. The summed E-state index contributed by atoms with van der Waals surface area (Å²) in [6.45, 7) is -3.06. The Kier molecular flexibility index (Phi) is 8.12. The summed E-state index contributed by atoms with van der Waals surface area (Å²) in [6.07, 6.45) is 1.49. The standard InChI is InChI=1S/C25H19F5N6O4/c1-39-16-8-17(27)21(18(28)9-16)36-11-14(7-20(37)34-19-6-13(26)10-32-22(19)31)33-25(36)35-23(38)12-2-4-15(5-3-12)40-24(29)30/h2-6,8-11,24H,7H2,1H3,(H2,31,32)(H,34,37)(H,33,35,38). The first-order valence-electron chi connectivity index (χ1n) is 11.2. The fourth-order valence-electron chi connectivity index (χ4n) is 3.53. The smallest absolute Gasteiger partial charge is 0.387 e. The summed E-state index contributed by atoms with van der Waals surface area (Å²) in [6, 6.07) is 7.36. The molecule has 4 aromatic rings. The minimum Gasteiger partial charge on any atom is -0.497 e. The Balaban J connectivity index is 1.65. The molecule has 0 unspecified atom stereocenters. The molecule has 4 rings (SSSR count). The second-order valence-electron chi connectivity index (χ2n) is 8.03. The number of pyridine rings is 1. The number of aromatic nitrogens is 3. The predicted octanol–water partition coefficient (Wildman–Crippen LogP) is 4.31. The number of ether oxygens (including phenoxy) is 2. The molecule has 15 heteroatoms. The number of alkyl halides is 2. The number of hydrogen-bond donors (Lipinski definition) is 3. The number of benzene rings is 2. The molecule has 2 aromatic carbocycles. The summed E-state index contributed by atoms with van der Waals surface area (Å²) in [7, 11) is 1.21. The Labute approximate surface area is 222 Å². The summed E-state index contributed by atoms with van der Waals surface area (Å²) >= 11 is 0. The molecule has 0 aliphatic heterocycles. The molecular formula is C25H19F5N6O4. The largest absolute Gasteiger partial charge is 0.497 e. The Morgan fingerprint density at radius 3 is 2.33 bits per heavy atom. The first kappa shape index (κ1) is 27.8. The van der Waals surface area contributed by atoms with Crippen molar-refractivity contribution in [3.8, 4) is 17.2 Å². The zero-order valence-electron chi connectivity index (χ0n) is 20.4. The van der Waals surface area contributed by atoms with Crippen LogP contribution in [0.25, 0.3) is 5.69 Å². The third-order valence-corrected chi connectivity index (χ3v) is 5.29. The zero-order chi connectivity index (χ0) is 29.0. The highest BCUT2D eigenvalue weighted by molar-refractivity contribution is 6.03. The van der Waals surface area contributed by atoms with Crippen molar-refractivity contribution in [1.29, 1.82) is 0 Å². The molecule has 10 nitrogen and oxygen atoms in total. The summed E-state index contributed by atoms with van der Waals surface area (Å²) < 4.78 is 78.1. The number of halogens is 5. The molecule has 0 fully saturated rings. The summed E-state index contributed by atoms with van der Waals surface area (Å²) in [4.78, 5) is 33.1. The van der Waals surface area contributed by atoms with Crippen LogP contribution in [0.3, 0.4) is 0 Å². The van der Waals surface area contributed by atoms with E-state index in [0.717, 1.165) is 47.3 Å². The van der Waals surface area contributed by atoms with Crippen LogP contribution in [0.5, 0.6) is 11.5 Å². The van der Waals surface area contributed by atoms with Gasteiger partial charge < -0.3 is 20.5 Å². The van der Waals surface area contributed by atoms with Crippen LogP contribution in [0.15, 0.2) is 54.9 Å². The number of carbonyl (C=O) groups is 2. The maximum absolute atomic E-state index is 14.9. The van der Waals surface area contributed by atoms with Crippen molar-refractivity contribution in [1.82, 2.24) is 14.5 Å². The van der Waals surface area contributed by atoms with E-state index in [0.29, 0.717) is 0 Å². The lowest BCUT2D eigenvalue weighted by molar-refractivity contribution is -0.115. The number of nitrogens with one attached hydrogen (secondary N) is 2. The molecule has 0 radical (unpaired) electrons. The molecule has 0 aliphatic carbocycles. The minimum absolute atomic E-state index is 0.0276. The van der Waals surface area contributed by atoms with Gasteiger partial charge in [-0.15, -0.1) is 0 Å². The fraction of sp³-hybridized carbons (Fsp3) is 0.120. The third-order valence-electron chi connectivity index (χ3n) is 5.29. The van der Waals surface area contributed by atoms with Gasteiger partial charge in [0, 0.05) is 30.0 Å². The third kappa shape index (κ3) is 6.43. The average molecular weight is 562 g/mol. The zero-order valence-corrected chi connectivity index (χ0v) is 20.4. The van der Waals surface area contributed by atoms with Gasteiger partial charge in [-0.3, -0.25) is 19.5 Å². The maximum Gasteiger partial charge on any atom is 0.387 e. The topological polar surface area (TPSA) is 133 Å². The summed E-state index contributed by atoms with van der Waals surface area (Å²) in [5.74, 6) is -5.30. The number of rotatable bonds is 9. The second kappa shape index (κ2) is 11.7. The number of carbonyl (C=O) groups excluding carboxylic acids is 2. The molecule has 2 heterocycles. The highest BCUT2D eigenvalue weighted by Gasteiger charge is 2.22. The summed E-state index contributed by atoms with van der Waals surface area (Å²) in [5.41, 5.74) is 4.81. The van der Waals surface area contributed by atoms with E-state index >= 15 is 0 Å². The molecule has 0 atom stereocenters. The van der Waals surface area contributed by atoms with Gasteiger partial charge in [0.2, 0.25) is 11.9 Å². The molecule has 208 valence electrons. The number of imidazole rings is 1. The minimum atomic E-state index is -3.06. The van der Waals surface area contributed by atoms with Gasteiger partial charge in [0.05, 0.1) is 31.1 Å². The van der Waals surface area contributed by atoms with E-state index < -0.39 is 48.0 Å². The molecule has 4 N–H and O–H groups in total. The van der Waals surface area contributed by atoms with Gasteiger partial charge >= 0.3 is 6.61 Å². The van der Waals surface area contributed by atoms with Gasteiger partial charge in [0.15, 0.2) is 11.6 Å². The van der Waals surface area contributed by atoms with E-state index in [1.54, 1.807) is 0 Å². The van der Waals surface area contributed by atoms with Gasteiger partial charge in [-0.05, 0) is 24.3 Å². The van der Waals surface area contributed by atoms with E-state index in [1.165, 1.54) is 19.2 Å². The van der Waals surface area contributed by atoms with Crippen molar-refractivity contribution in [2.24, 2.45) is 0 Å². The highest BCUT2D eigenvalue weighted by atomic mass is 19.3. The number of nitrogen functional groups attached to an aromatic ring is 1.